The van der Waals surface area contributed by atoms with Crippen molar-refractivity contribution < 1.29 is 13.2 Å². The molecule has 1 aromatic rings. The number of para-hydroxylation sites is 1. The zero-order valence-electron chi connectivity index (χ0n) is 9.01. The van der Waals surface area contributed by atoms with E-state index in [1.165, 1.54) is 12.1 Å². The quantitative estimate of drug-likeness (QED) is 0.837. The number of nitrogens with two attached hydrogens (primary N) is 1. The third kappa shape index (κ3) is 3.41. The summed E-state index contributed by atoms with van der Waals surface area (Å²) >= 11 is 0. The van der Waals surface area contributed by atoms with Gasteiger partial charge in [-0.2, -0.15) is 13.2 Å². The van der Waals surface area contributed by atoms with Gasteiger partial charge in [0.2, 0.25) is 0 Å². The molecule has 2 nitrogen and oxygen atoms in total. The van der Waals surface area contributed by atoms with Gasteiger partial charge in [-0.1, -0.05) is 19.1 Å². The number of hydrogen-bond acceptors (Lipinski definition) is 2. The second kappa shape index (κ2) is 5.21. The molecule has 5 heteroatoms. The molecule has 0 saturated carbocycles. The summed E-state index contributed by atoms with van der Waals surface area (Å²) in [5.74, 6) is 0. The van der Waals surface area contributed by atoms with Crippen LogP contribution in [0.25, 0.3) is 0 Å². The molecule has 1 unspecified atom stereocenters. The van der Waals surface area contributed by atoms with E-state index in [4.69, 9.17) is 5.73 Å². The molecule has 0 aliphatic rings. The first-order valence-electron chi connectivity index (χ1n) is 5.10. The van der Waals surface area contributed by atoms with E-state index in [1.54, 1.807) is 6.07 Å². The van der Waals surface area contributed by atoms with E-state index in [2.05, 4.69) is 5.32 Å². The molecule has 1 aromatic carbocycles. The van der Waals surface area contributed by atoms with E-state index >= 15 is 0 Å². The Bertz CT molecular complexity index is 336. The average Bonchev–Trinajstić information content (AvgIpc) is 2.25. The van der Waals surface area contributed by atoms with Crippen molar-refractivity contribution in [2.24, 2.45) is 5.73 Å². The van der Waals surface area contributed by atoms with E-state index in [-0.39, 0.29) is 11.7 Å². The van der Waals surface area contributed by atoms with Gasteiger partial charge in [0.1, 0.15) is 0 Å². The molecule has 0 radical (unpaired) electrons. The molecule has 0 spiro atoms. The lowest BCUT2D eigenvalue weighted by Crippen LogP contribution is -2.28. The van der Waals surface area contributed by atoms with Crippen molar-refractivity contribution in [1.82, 2.24) is 0 Å². The smallest absolute Gasteiger partial charge is 0.383 e. The topological polar surface area (TPSA) is 38.0 Å². The molecular weight excluding hydrogens is 217 g/mol. The minimum Gasteiger partial charge on any atom is -0.383 e. The summed E-state index contributed by atoms with van der Waals surface area (Å²) in [6, 6.07) is 5.26. The van der Waals surface area contributed by atoms with Gasteiger partial charge in [-0.05, 0) is 18.6 Å². The number of hydrogen-bond donors (Lipinski definition) is 2. The number of nitrogens with one attached hydrogen (secondary N) is 1. The molecule has 0 saturated heterocycles. The molecule has 0 heterocycles. The van der Waals surface area contributed by atoms with Crippen LogP contribution >= 0.6 is 0 Å². The highest BCUT2D eigenvalue weighted by Crippen LogP contribution is 2.34. The molecule has 3 N–H and O–H groups in total. The van der Waals surface area contributed by atoms with E-state index in [9.17, 15) is 13.2 Å². The molecule has 0 fully saturated rings. The Kier molecular flexibility index (Phi) is 4.18. The molecule has 1 atom stereocenters. The fourth-order valence-corrected chi connectivity index (χ4v) is 1.27. The molecule has 1 rings (SSSR count). The SMILES string of the molecule is CCC(N)CNc1ccccc1C(F)(F)F. The van der Waals surface area contributed by atoms with Crippen molar-refractivity contribution in [2.75, 3.05) is 11.9 Å². The third-order valence-corrected chi connectivity index (χ3v) is 2.31. The summed E-state index contributed by atoms with van der Waals surface area (Å²) in [5, 5.41) is 2.73. The maximum absolute atomic E-state index is 12.6. The van der Waals surface area contributed by atoms with E-state index in [0.29, 0.717) is 6.54 Å². The molecule has 90 valence electrons. The lowest BCUT2D eigenvalue weighted by atomic mass is 10.1. The van der Waals surface area contributed by atoms with Crippen LogP contribution in [0.15, 0.2) is 24.3 Å². The number of anilines is 1. The largest absolute Gasteiger partial charge is 0.418 e. The summed E-state index contributed by atoms with van der Waals surface area (Å²) in [5.41, 5.74) is 5.06. The van der Waals surface area contributed by atoms with Gasteiger partial charge in [0.25, 0.3) is 0 Å². The zero-order chi connectivity index (χ0) is 12.2. The standard InChI is InChI=1S/C11H15F3N2/c1-2-8(15)7-16-10-6-4-3-5-9(10)11(12,13)14/h3-6,8,16H,2,7,15H2,1H3. The minimum absolute atomic E-state index is 0.0823. The van der Waals surface area contributed by atoms with Crippen LogP contribution < -0.4 is 11.1 Å². The predicted octanol–water partition coefficient (Wildman–Crippen LogP) is 2.85. The first kappa shape index (κ1) is 12.8. The van der Waals surface area contributed by atoms with Gasteiger partial charge in [-0.25, -0.2) is 0 Å². The van der Waals surface area contributed by atoms with Crippen LogP contribution in [-0.4, -0.2) is 12.6 Å². The van der Waals surface area contributed by atoms with E-state index < -0.39 is 11.7 Å². The minimum atomic E-state index is -4.33. The zero-order valence-corrected chi connectivity index (χ0v) is 9.01. The Balaban J connectivity index is 2.80. The van der Waals surface area contributed by atoms with Crippen LogP contribution in [0.3, 0.4) is 0 Å². The predicted molar refractivity (Wildman–Crippen MR) is 58.2 cm³/mol. The number of halogens is 3. The van der Waals surface area contributed by atoms with Crippen LogP contribution in [0, 0.1) is 0 Å². The van der Waals surface area contributed by atoms with Crippen LogP contribution in [0.1, 0.15) is 18.9 Å². The van der Waals surface area contributed by atoms with Gasteiger partial charge >= 0.3 is 6.18 Å². The van der Waals surface area contributed by atoms with Crippen LogP contribution in [-0.2, 0) is 6.18 Å². The second-order valence-corrected chi connectivity index (χ2v) is 3.59. The third-order valence-electron chi connectivity index (χ3n) is 2.31. The Labute approximate surface area is 92.6 Å². The van der Waals surface area contributed by atoms with Crippen LogP contribution in [0.2, 0.25) is 0 Å². The van der Waals surface area contributed by atoms with Crippen molar-refractivity contribution in [1.29, 1.82) is 0 Å². The van der Waals surface area contributed by atoms with Crippen LogP contribution in [0.4, 0.5) is 18.9 Å². The van der Waals surface area contributed by atoms with Gasteiger partial charge in [0, 0.05) is 18.3 Å². The highest BCUT2D eigenvalue weighted by Gasteiger charge is 2.33. The molecular formula is C11H15F3N2. The summed E-state index contributed by atoms with van der Waals surface area (Å²) in [6.45, 7) is 2.23. The summed E-state index contributed by atoms with van der Waals surface area (Å²) in [4.78, 5) is 0. The Morgan fingerprint density at radius 2 is 1.94 bits per heavy atom. The summed E-state index contributed by atoms with van der Waals surface area (Å²) < 4.78 is 37.8. The lowest BCUT2D eigenvalue weighted by molar-refractivity contribution is -0.136. The van der Waals surface area contributed by atoms with Crippen LogP contribution in [0.5, 0.6) is 0 Å². The fraction of sp³-hybridized carbons (Fsp3) is 0.455. The van der Waals surface area contributed by atoms with Gasteiger partial charge in [-0.3, -0.25) is 0 Å². The van der Waals surface area contributed by atoms with Gasteiger partial charge in [-0.15, -0.1) is 0 Å². The number of alkyl halides is 3. The van der Waals surface area contributed by atoms with Crippen molar-refractivity contribution in [3.8, 4) is 0 Å². The van der Waals surface area contributed by atoms with Crippen molar-refractivity contribution in [3.05, 3.63) is 29.8 Å². The number of rotatable bonds is 4. The Hall–Kier alpha value is -1.23. The number of benzene rings is 1. The van der Waals surface area contributed by atoms with E-state index in [1.807, 2.05) is 6.92 Å². The molecule has 0 bridgehead atoms. The average molecular weight is 232 g/mol. The summed E-state index contributed by atoms with van der Waals surface area (Å²) in [7, 11) is 0. The lowest BCUT2D eigenvalue weighted by Gasteiger charge is -2.16. The molecule has 0 aromatic heterocycles. The molecule has 16 heavy (non-hydrogen) atoms. The van der Waals surface area contributed by atoms with E-state index in [0.717, 1.165) is 12.5 Å². The van der Waals surface area contributed by atoms with Gasteiger partial charge in [0.05, 0.1) is 5.56 Å². The van der Waals surface area contributed by atoms with Gasteiger partial charge < -0.3 is 11.1 Å². The highest BCUT2D eigenvalue weighted by atomic mass is 19.4. The van der Waals surface area contributed by atoms with Gasteiger partial charge in [0.15, 0.2) is 0 Å². The first-order chi connectivity index (χ1) is 7.45. The summed E-state index contributed by atoms with van der Waals surface area (Å²) in [6.07, 6.45) is -3.61. The monoisotopic (exact) mass is 232 g/mol. The normalized spacial score (nSPS) is 13.6. The molecule has 0 amide bonds. The van der Waals surface area contributed by atoms with Crippen molar-refractivity contribution in [2.45, 2.75) is 25.6 Å². The van der Waals surface area contributed by atoms with Crippen molar-refractivity contribution >= 4 is 5.69 Å². The van der Waals surface area contributed by atoms with Crippen molar-refractivity contribution in [3.63, 3.8) is 0 Å². The molecule has 0 aliphatic heterocycles. The Morgan fingerprint density at radius 1 is 1.31 bits per heavy atom. The first-order valence-corrected chi connectivity index (χ1v) is 5.10. The molecule has 0 aliphatic carbocycles. The maximum Gasteiger partial charge on any atom is 0.418 e. The Morgan fingerprint density at radius 3 is 2.50 bits per heavy atom. The fourth-order valence-electron chi connectivity index (χ4n) is 1.27. The second-order valence-electron chi connectivity index (χ2n) is 3.59. The maximum atomic E-state index is 12.6. The highest BCUT2D eigenvalue weighted by molar-refractivity contribution is 5.52.